The molecule has 1 amide bonds. The average Bonchev–Trinajstić information content (AvgIpc) is 2.92. The van der Waals surface area contributed by atoms with E-state index in [0.29, 0.717) is 18.2 Å². The first-order chi connectivity index (χ1) is 18.2. The van der Waals surface area contributed by atoms with Gasteiger partial charge in [-0.05, 0) is 56.0 Å². The Morgan fingerprint density at radius 2 is 1.84 bits per heavy atom. The topological polar surface area (TPSA) is 152 Å². The van der Waals surface area contributed by atoms with Crippen molar-refractivity contribution in [3.63, 3.8) is 0 Å². The van der Waals surface area contributed by atoms with Crippen LogP contribution in [0.5, 0.6) is 0 Å². The molecule has 0 radical (unpaired) electrons. The Morgan fingerprint density at radius 1 is 1.11 bits per heavy atom. The van der Waals surface area contributed by atoms with Crippen LogP contribution in [0.4, 0.5) is 10.1 Å². The van der Waals surface area contributed by atoms with E-state index in [1.807, 2.05) is 4.90 Å². The molecule has 0 saturated carbocycles. The number of rotatable bonds is 9. The second-order valence-electron chi connectivity index (χ2n) is 9.06. The number of hydrogen-bond donors (Lipinski definition) is 5. The Balaban J connectivity index is 1.42. The van der Waals surface area contributed by atoms with Gasteiger partial charge in [-0.2, -0.15) is 4.72 Å². The molecule has 204 valence electrons. The molecule has 2 aliphatic heterocycles. The summed E-state index contributed by atoms with van der Waals surface area (Å²) in [5.41, 5.74) is 0.308. The molecule has 11 nitrogen and oxygen atoms in total. The number of sulfonamides is 1. The third kappa shape index (κ3) is 6.78. The number of aliphatic imine (C=N–C) groups is 1. The fourth-order valence-corrected chi connectivity index (χ4v) is 5.56. The van der Waals surface area contributed by atoms with Crippen molar-refractivity contribution in [3.05, 3.63) is 59.9 Å². The van der Waals surface area contributed by atoms with Gasteiger partial charge in [-0.1, -0.05) is 18.2 Å². The molecule has 38 heavy (non-hydrogen) atoms. The van der Waals surface area contributed by atoms with E-state index in [0.717, 1.165) is 44.8 Å². The predicted octanol–water partition coefficient (Wildman–Crippen LogP) is 1.24. The second-order valence-corrected chi connectivity index (χ2v) is 10.8. The highest BCUT2D eigenvalue weighted by atomic mass is 32.2. The number of hydrogen-bond acceptors (Lipinski definition) is 6. The lowest BCUT2D eigenvalue weighted by Gasteiger charge is -2.36. The maximum Gasteiger partial charge on any atom is 0.323 e. The molecular weight excluding hydrogens is 515 g/mol. The van der Waals surface area contributed by atoms with E-state index in [4.69, 9.17) is 4.99 Å². The number of carboxylic acids is 1. The molecule has 2 saturated heterocycles. The summed E-state index contributed by atoms with van der Waals surface area (Å²) in [4.78, 5) is 30.8. The lowest BCUT2D eigenvalue weighted by atomic mass is 10.1. The minimum absolute atomic E-state index is 0.0169. The number of aliphatic carboxylic acids is 1. The first-order valence-corrected chi connectivity index (χ1v) is 13.9. The zero-order valence-corrected chi connectivity index (χ0v) is 21.5. The Morgan fingerprint density at radius 3 is 2.53 bits per heavy atom. The average molecular weight is 547 g/mol. The lowest BCUT2D eigenvalue weighted by molar-refractivity contribution is -0.138. The van der Waals surface area contributed by atoms with Crippen LogP contribution in [0.2, 0.25) is 0 Å². The fourth-order valence-electron chi connectivity index (χ4n) is 4.35. The predicted molar refractivity (Wildman–Crippen MR) is 140 cm³/mol. The third-order valence-corrected chi connectivity index (χ3v) is 7.81. The van der Waals surface area contributed by atoms with Crippen molar-refractivity contribution in [2.45, 2.75) is 42.8 Å². The highest BCUT2D eigenvalue weighted by Crippen LogP contribution is 2.28. The van der Waals surface area contributed by atoms with Crippen LogP contribution in [0.25, 0.3) is 0 Å². The molecule has 0 aliphatic carbocycles. The molecule has 0 unspecified atom stereocenters. The van der Waals surface area contributed by atoms with Crippen LogP contribution in [0.15, 0.2) is 58.4 Å². The van der Waals surface area contributed by atoms with Crippen LogP contribution >= 0.6 is 0 Å². The van der Waals surface area contributed by atoms with E-state index in [9.17, 15) is 23.1 Å². The number of piperidine rings is 1. The van der Waals surface area contributed by atoms with Crippen molar-refractivity contribution in [2.75, 3.05) is 31.1 Å². The van der Waals surface area contributed by atoms with Gasteiger partial charge in [-0.3, -0.25) is 9.59 Å². The Bertz CT molecular complexity index is 1280. The summed E-state index contributed by atoms with van der Waals surface area (Å²) in [7, 11) is -4.13. The van der Waals surface area contributed by atoms with E-state index in [-0.39, 0.29) is 16.6 Å². The molecule has 13 heteroatoms. The van der Waals surface area contributed by atoms with Gasteiger partial charge in [0.1, 0.15) is 18.0 Å². The Labute approximate surface area is 220 Å². The van der Waals surface area contributed by atoms with Gasteiger partial charge in [0.2, 0.25) is 10.0 Å². The maximum absolute atomic E-state index is 15.2. The van der Waals surface area contributed by atoms with Gasteiger partial charge in [0.25, 0.3) is 5.91 Å². The number of halogens is 1. The van der Waals surface area contributed by atoms with Crippen LogP contribution < -0.4 is 25.6 Å². The smallest absolute Gasteiger partial charge is 0.323 e. The molecule has 2 aliphatic rings. The fraction of sp³-hybridized carbons (Fsp3) is 0.400. The maximum atomic E-state index is 15.2. The molecule has 2 heterocycles. The van der Waals surface area contributed by atoms with Crippen molar-refractivity contribution < 1.29 is 27.5 Å². The highest BCUT2D eigenvalue weighted by Gasteiger charge is 2.28. The first kappa shape index (κ1) is 27.3. The number of amides is 1. The summed E-state index contributed by atoms with van der Waals surface area (Å²) < 4.78 is 42.2. The quantitative estimate of drug-likeness (QED) is 0.315. The van der Waals surface area contributed by atoms with Gasteiger partial charge in [0.05, 0.1) is 10.6 Å². The summed E-state index contributed by atoms with van der Waals surface area (Å²) in [5, 5.41) is 18.3. The van der Waals surface area contributed by atoms with Crippen LogP contribution in [0.1, 0.15) is 36.0 Å². The van der Waals surface area contributed by atoms with Crippen molar-refractivity contribution in [2.24, 2.45) is 4.99 Å². The summed E-state index contributed by atoms with van der Waals surface area (Å²) >= 11 is 0. The number of carbonyl (C=O) groups is 2. The van der Waals surface area contributed by atoms with Gasteiger partial charge >= 0.3 is 5.97 Å². The summed E-state index contributed by atoms with van der Waals surface area (Å²) in [6.07, 6.45) is 3.37. The monoisotopic (exact) mass is 546 g/mol. The molecule has 2 aromatic rings. The molecular formula is C25H31FN6O5S. The van der Waals surface area contributed by atoms with E-state index in [1.165, 1.54) is 36.4 Å². The van der Waals surface area contributed by atoms with Crippen molar-refractivity contribution in [3.8, 4) is 0 Å². The summed E-state index contributed by atoms with van der Waals surface area (Å²) in [6.45, 7) is 1.74. The number of benzene rings is 2. The largest absolute Gasteiger partial charge is 0.480 e. The second kappa shape index (κ2) is 12.2. The molecule has 0 aromatic heterocycles. The van der Waals surface area contributed by atoms with E-state index in [1.54, 1.807) is 6.07 Å². The lowest BCUT2D eigenvalue weighted by Crippen LogP contribution is -2.48. The van der Waals surface area contributed by atoms with E-state index >= 15 is 4.39 Å². The van der Waals surface area contributed by atoms with Crippen LogP contribution in [-0.4, -0.2) is 69.7 Å². The SMILES string of the molecule is O=C(NC[C@H](NS(=O)(=O)c1ccccc1)C(=O)O)c1ccc(N2CCCC[C@H]2N=C2NCCCN2)c(F)c1. The Hall–Kier alpha value is -3.71. The van der Waals surface area contributed by atoms with Crippen molar-refractivity contribution in [1.29, 1.82) is 0 Å². The van der Waals surface area contributed by atoms with Gasteiger partial charge in [-0.25, -0.2) is 17.8 Å². The van der Waals surface area contributed by atoms with Crippen molar-refractivity contribution in [1.82, 2.24) is 20.7 Å². The summed E-state index contributed by atoms with van der Waals surface area (Å²) in [5.74, 6) is -2.10. The summed E-state index contributed by atoms with van der Waals surface area (Å²) in [6, 6.07) is 9.72. The highest BCUT2D eigenvalue weighted by molar-refractivity contribution is 7.89. The minimum atomic E-state index is -4.13. The van der Waals surface area contributed by atoms with Gasteiger partial charge < -0.3 is 26.0 Å². The molecule has 5 N–H and O–H groups in total. The molecule has 0 spiro atoms. The van der Waals surface area contributed by atoms with Crippen molar-refractivity contribution >= 4 is 33.5 Å². The normalized spacial score (nSPS) is 18.6. The zero-order valence-electron chi connectivity index (χ0n) is 20.7. The molecule has 0 bridgehead atoms. The number of carbonyl (C=O) groups excluding carboxylic acids is 1. The standard InChI is InChI=1S/C25H31FN6O5S/c26-19-15-17(10-11-21(19)32-14-5-4-9-22(32)30-25-27-12-6-13-28-25)23(33)29-16-20(24(34)35)31-38(36,37)18-7-2-1-3-8-18/h1-3,7-8,10-11,15,20,22,31H,4-6,9,12-14,16H2,(H,29,33)(H,34,35)(H2,27,28,30)/t20-,22-/m0/s1. The number of anilines is 1. The molecule has 2 aromatic carbocycles. The zero-order chi connectivity index (χ0) is 27.1. The van der Waals surface area contributed by atoms with E-state index < -0.39 is 40.3 Å². The van der Waals surface area contributed by atoms with Gasteiger partial charge in [0, 0.05) is 31.7 Å². The molecule has 4 rings (SSSR count). The van der Waals surface area contributed by atoms with Gasteiger partial charge in [0.15, 0.2) is 5.96 Å². The molecule has 2 fully saturated rings. The number of carboxylic acid groups (broad SMARTS) is 1. The molecule has 2 atom stereocenters. The van der Waals surface area contributed by atoms with Crippen LogP contribution in [-0.2, 0) is 14.8 Å². The number of guanidine groups is 1. The van der Waals surface area contributed by atoms with E-state index in [2.05, 4.69) is 20.7 Å². The number of nitrogens with zero attached hydrogens (tertiary/aromatic N) is 2. The Kier molecular flexibility index (Phi) is 8.79. The van der Waals surface area contributed by atoms with Gasteiger partial charge in [-0.15, -0.1) is 0 Å². The number of nitrogens with one attached hydrogen (secondary N) is 4. The van der Waals surface area contributed by atoms with Crippen LogP contribution in [0.3, 0.4) is 0 Å². The van der Waals surface area contributed by atoms with Crippen LogP contribution in [0, 0.1) is 5.82 Å². The third-order valence-electron chi connectivity index (χ3n) is 6.32. The minimum Gasteiger partial charge on any atom is -0.480 e. The first-order valence-electron chi connectivity index (χ1n) is 12.4.